The summed E-state index contributed by atoms with van der Waals surface area (Å²) in [5.74, 6) is 1.46. The summed E-state index contributed by atoms with van der Waals surface area (Å²) in [7, 11) is 0. The van der Waals surface area contributed by atoms with Gasteiger partial charge in [0, 0.05) is 11.3 Å². The third kappa shape index (κ3) is 2.98. The molecule has 0 amide bonds. The average molecular weight is 436 g/mol. The quantitative estimate of drug-likeness (QED) is 0.579. The minimum absolute atomic E-state index is 0.0482. The first-order chi connectivity index (χ1) is 15.5. The van der Waals surface area contributed by atoms with E-state index in [1.54, 1.807) is 10.7 Å². The van der Waals surface area contributed by atoms with Gasteiger partial charge in [-0.2, -0.15) is 5.10 Å². The molecule has 6 rings (SSSR count). The molecule has 0 unspecified atom stereocenters. The highest BCUT2D eigenvalue weighted by Gasteiger charge is 2.46. The molecule has 1 spiro atoms. The van der Waals surface area contributed by atoms with Crippen molar-refractivity contribution in [3.8, 4) is 11.6 Å². The number of ether oxygens (including phenoxy) is 2. The SMILES string of the molecule is C=C1N[C@H](C)COc2ncc(F)cc2CN2c3nc4c1cnn4cc3OCC21CCCC1. The van der Waals surface area contributed by atoms with E-state index in [-0.39, 0.29) is 17.4 Å². The first-order valence-corrected chi connectivity index (χ1v) is 11.0. The van der Waals surface area contributed by atoms with Crippen molar-refractivity contribution < 1.29 is 13.9 Å². The van der Waals surface area contributed by atoms with Gasteiger partial charge in [-0.1, -0.05) is 19.4 Å². The van der Waals surface area contributed by atoms with E-state index in [2.05, 4.69) is 26.9 Å². The zero-order valence-corrected chi connectivity index (χ0v) is 18.0. The molecule has 1 N–H and O–H groups in total. The van der Waals surface area contributed by atoms with E-state index in [1.165, 1.54) is 12.3 Å². The molecule has 1 atom stereocenters. The van der Waals surface area contributed by atoms with Crippen LogP contribution in [0.25, 0.3) is 11.3 Å². The number of fused-ring (bicyclic) bond motifs is 2. The Hall–Kier alpha value is -3.36. The molecule has 3 aromatic heterocycles. The monoisotopic (exact) mass is 436 g/mol. The smallest absolute Gasteiger partial charge is 0.218 e. The highest BCUT2D eigenvalue weighted by molar-refractivity contribution is 5.75. The van der Waals surface area contributed by atoms with E-state index < -0.39 is 0 Å². The zero-order chi connectivity index (χ0) is 21.9. The molecule has 3 aliphatic rings. The van der Waals surface area contributed by atoms with Crippen molar-refractivity contribution in [3.63, 3.8) is 0 Å². The molecule has 166 valence electrons. The van der Waals surface area contributed by atoms with Crippen LogP contribution in [-0.2, 0) is 6.54 Å². The van der Waals surface area contributed by atoms with Gasteiger partial charge >= 0.3 is 0 Å². The number of nitrogens with zero attached hydrogens (tertiary/aromatic N) is 5. The van der Waals surface area contributed by atoms with Crippen molar-refractivity contribution in [3.05, 3.63) is 48.2 Å². The maximum absolute atomic E-state index is 14.2. The third-order valence-electron chi connectivity index (χ3n) is 6.74. The van der Waals surface area contributed by atoms with Gasteiger partial charge < -0.3 is 19.7 Å². The molecular formula is C23H25FN6O2. The minimum Gasteiger partial charge on any atom is -0.486 e. The van der Waals surface area contributed by atoms with Crippen LogP contribution in [0.5, 0.6) is 11.6 Å². The van der Waals surface area contributed by atoms with Crippen LogP contribution < -0.4 is 19.7 Å². The van der Waals surface area contributed by atoms with E-state index in [9.17, 15) is 4.39 Å². The fourth-order valence-corrected chi connectivity index (χ4v) is 5.10. The maximum atomic E-state index is 14.2. The number of nitrogens with one attached hydrogen (secondary N) is 1. The second-order valence-electron chi connectivity index (χ2n) is 9.01. The van der Waals surface area contributed by atoms with Crippen molar-refractivity contribution in [1.29, 1.82) is 0 Å². The van der Waals surface area contributed by atoms with Crippen molar-refractivity contribution in [2.45, 2.75) is 50.7 Å². The minimum atomic E-state index is -0.383. The van der Waals surface area contributed by atoms with Gasteiger partial charge in [-0.15, -0.1) is 0 Å². The molecule has 1 fully saturated rings. The summed E-state index contributed by atoms with van der Waals surface area (Å²) < 4.78 is 28.2. The molecule has 0 radical (unpaired) electrons. The Morgan fingerprint density at radius 1 is 1.25 bits per heavy atom. The Morgan fingerprint density at radius 2 is 2.09 bits per heavy atom. The Morgan fingerprint density at radius 3 is 2.94 bits per heavy atom. The highest BCUT2D eigenvalue weighted by atomic mass is 19.1. The van der Waals surface area contributed by atoms with Gasteiger partial charge in [0.1, 0.15) is 19.0 Å². The molecule has 1 saturated carbocycles. The van der Waals surface area contributed by atoms with Gasteiger partial charge in [-0.3, -0.25) is 0 Å². The summed E-state index contributed by atoms with van der Waals surface area (Å²) >= 11 is 0. The van der Waals surface area contributed by atoms with E-state index >= 15 is 0 Å². The van der Waals surface area contributed by atoms with Crippen LogP contribution >= 0.6 is 0 Å². The van der Waals surface area contributed by atoms with Crippen LogP contribution in [0.15, 0.2) is 31.2 Å². The molecular weight excluding hydrogens is 411 g/mol. The van der Waals surface area contributed by atoms with Crippen molar-refractivity contribution >= 4 is 17.2 Å². The van der Waals surface area contributed by atoms with E-state index in [4.69, 9.17) is 14.5 Å². The molecule has 3 aromatic rings. The molecule has 2 bridgehead atoms. The van der Waals surface area contributed by atoms with Gasteiger partial charge in [0.2, 0.25) is 5.88 Å². The van der Waals surface area contributed by atoms with Crippen molar-refractivity contribution in [1.82, 2.24) is 24.9 Å². The standard InChI is InChI=1S/C23H25FN6O2/c1-14-12-31-22-16(7-17(24)8-25-22)10-29-21-19(32-13-23(29)5-3-4-6-23)11-30-20(28-21)18(9-26-30)15(2)27-14/h7-9,11,14,27H,2-6,10,12-13H2,1H3/t14-/m1/s1. The number of hydrogen-bond donors (Lipinski definition) is 1. The van der Waals surface area contributed by atoms with Crippen molar-refractivity contribution in [2.24, 2.45) is 0 Å². The zero-order valence-electron chi connectivity index (χ0n) is 18.0. The molecule has 0 saturated heterocycles. The summed E-state index contributed by atoms with van der Waals surface area (Å²) in [6.07, 6.45) is 9.07. The molecule has 8 nitrogen and oxygen atoms in total. The Balaban J connectivity index is 1.57. The van der Waals surface area contributed by atoms with Crippen molar-refractivity contribution in [2.75, 3.05) is 18.1 Å². The van der Waals surface area contributed by atoms with Crippen LogP contribution in [-0.4, -0.2) is 44.4 Å². The summed E-state index contributed by atoms with van der Waals surface area (Å²) in [4.78, 5) is 11.6. The fourth-order valence-electron chi connectivity index (χ4n) is 5.10. The lowest BCUT2D eigenvalue weighted by atomic mass is 9.93. The third-order valence-corrected chi connectivity index (χ3v) is 6.74. The average Bonchev–Trinajstić information content (AvgIpc) is 3.41. The number of hydrogen-bond acceptors (Lipinski definition) is 7. The fraction of sp³-hybridized carbons (Fsp3) is 0.435. The van der Waals surface area contributed by atoms with Gasteiger partial charge in [0.05, 0.1) is 42.3 Å². The molecule has 1 aliphatic carbocycles. The summed E-state index contributed by atoms with van der Waals surface area (Å²) in [6, 6.07) is 1.47. The molecule has 2 aliphatic heterocycles. The second-order valence-corrected chi connectivity index (χ2v) is 9.01. The Bertz CT molecular complexity index is 1220. The second kappa shape index (κ2) is 7.08. The van der Waals surface area contributed by atoms with Crippen LogP contribution in [0, 0.1) is 5.82 Å². The number of aromatic nitrogens is 4. The molecule has 9 heteroatoms. The van der Waals surface area contributed by atoms with Gasteiger partial charge in [0.25, 0.3) is 0 Å². The first-order valence-electron chi connectivity index (χ1n) is 11.0. The van der Waals surface area contributed by atoms with Gasteiger partial charge in [-0.05, 0) is 25.8 Å². The predicted octanol–water partition coefficient (Wildman–Crippen LogP) is 3.32. The molecule has 32 heavy (non-hydrogen) atoms. The first kappa shape index (κ1) is 19.3. The lowest BCUT2D eigenvalue weighted by Gasteiger charge is -2.46. The Kier molecular flexibility index (Phi) is 4.28. The van der Waals surface area contributed by atoms with E-state index in [1.807, 2.05) is 13.1 Å². The maximum Gasteiger partial charge on any atom is 0.218 e. The highest BCUT2D eigenvalue weighted by Crippen LogP contribution is 2.46. The number of anilines is 1. The van der Waals surface area contributed by atoms with Crippen LogP contribution in [0.1, 0.15) is 43.7 Å². The number of rotatable bonds is 0. The summed E-state index contributed by atoms with van der Waals surface area (Å²) in [6.45, 7) is 7.56. The van der Waals surface area contributed by atoms with Gasteiger partial charge in [0.15, 0.2) is 17.2 Å². The number of halogens is 1. The summed E-state index contributed by atoms with van der Waals surface area (Å²) in [5.41, 5.74) is 2.75. The summed E-state index contributed by atoms with van der Waals surface area (Å²) in [5, 5.41) is 7.82. The molecule has 5 heterocycles. The normalized spacial score (nSPS) is 21.9. The van der Waals surface area contributed by atoms with E-state index in [0.717, 1.165) is 37.1 Å². The lowest BCUT2D eigenvalue weighted by molar-refractivity contribution is 0.183. The van der Waals surface area contributed by atoms with Crippen LogP contribution in [0.4, 0.5) is 10.2 Å². The largest absolute Gasteiger partial charge is 0.486 e. The number of pyridine rings is 1. The predicted molar refractivity (Wildman–Crippen MR) is 117 cm³/mol. The van der Waals surface area contributed by atoms with Gasteiger partial charge in [-0.25, -0.2) is 18.9 Å². The lowest BCUT2D eigenvalue weighted by Crippen LogP contribution is -2.54. The Labute approximate surface area is 185 Å². The van der Waals surface area contributed by atoms with Crippen LogP contribution in [0.2, 0.25) is 0 Å². The molecule has 0 aromatic carbocycles. The van der Waals surface area contributed by atoms with E-state index in [0.29, 0.717) is 48.3 Å². The van der Waals surface area contributed by atoms with Crippen LogP contribution in [0.3, 0.4) is 0 Å². The topological polar surface area (TPSA) is 76.8 Å².